The summed E-state index contributed by atoms with van der Waals surface area (Å²) in [7, 11) is 0. The maximum atomic E-state index is 14.4. The molecule has 1 fully saturated rings. The number of carboxylic acid groups (broad SMARTS) is 1. The van der Waals surface area contributed by atoms with Crippen LogP contribution in [0.1, 0.15) is 33.8 Å². The molecule has 0 radical (unpaired) electrons. The van der Waals surface area contributed by atoms with E-state index in [9.17, 15) is 9.18 Å². The lowest BCUT2D eigenvalue weighted by atomic mass is 9.96. The first kappa shape index (κ1) is 14.6. The van der Waals surface area contributed by atoms with Crippen LogP contribution in [0, 0.1) is 12.7 Å². The number of hydrogen-bond donors (Lipinski definition) is 1. The lowest BCUT2D eigenvalue weighted by Gasteiger charge is -2.21. The maximum Gasteiger partial charge on any atom is 0.338 e. The van der Waals surface area contributed by atoms with Crippen molar-refractivity contribution in [3.05, 3.63) is 65.0 Å². The topological polar surface area (TPSA) is 40.5 Å². The van der Waals surface area contributed by atoms with Gasteiger partial charge >= 0.3 is 5.97 Å². The molecule has 2 aromatic rings. The summed E-state index contributed by atoms with van der Waals surface area (Å²) in [6.45, 7) is 3.63. The fraction of sp³-hybridized carbons (Fsp3) is 0.278. The number of carboxylic acids is 1. The lowest BCUT2D eigenvalue weighted by molar-refractivity contribution is 0.0691. The predicted octanol–water partition coefficient (Wildman–Crippen LogP) is 3.83. The quantitative estimate of drug-likeness (QED) is 0.936. The Labute approximate surface area is 129 Å². The fourth-order valence-electron chi connectivity index (χ4n) is 3.18. The molecular weight excluding hydrogens is 281 g/mol. The minimum Gasteiger partial charge on any atom is -0.478 e. The van der Waals surface area contributed by atoms with Crippen LogP contribution in [0.5, 0.6) is 0 Å². The summed E-state index contributed by atoms with van der Waals surface area (Å²) >= 11 is 0. The first-order valence-corrected chi connectivity index (χ1v) is 7.40. The van der Waals surface area contributed by atoms with Crippen LogP contribution in [0.3, 0.4) is 0 Å². The van der Waals surface area contributed by atoms with E-state index in [1.165, 1.54) is 17.3 Å². The summed E-state index contributed by atoms with van der Waals surface area (Å²) in [6, 6.07) is 12.8. The summed E-state index contributed by atoms with van der Waals surface area (Å²) in [6.07, 6.45) is 0.828. The first-order valence-electron chi connectivity index (χ1n) is 7.40. The highest BCUT2D eigenvalue weighted by Crippen LogP contribution is 2.34. The number of rotatable bonds is 3. The van der Waals surface area contributed by atoms with Gasteiger partial charge in [-0.05, 0) is 36.6 Å². The average Bonchev–Trinajstić information content (AvgIpc) is 2.97. The fourth-order valence-corrected chi connectivity index (χ4v) is 3.18. The van der Waals surface area contributed by atoms with Crippen LogP contribution < -0.4 is 4.90 Å². The summed E-state index contributed by atoms with van der Waals surface area (Å²) in [4.78, 5) is 13.3. The SMILES string of the molecule is Cc1ccccc1N1CCC(c2cccc(C(=O)O)c2F)C1. The van der Waals surface area contributed by atoms with Crippen LogP contribution in [0.25, 0.3) is 0 Å². The second-order valence-corrected chi connectivity index (χ2v) is 5.73. The van der Waals surface area contributed by atoms with Gasteiger partial charge in [-0.25, -0.2) is 9.18 Å². The summed E-state index contributed by atoms with van der Waals surface area (Å²) in [5, 5.41) is 9.05. The normalized spacial score (nSPS) is 17.7. The van der Waals surface area contributed by atoms with Gasteiger partial charge < -0.3 is 10.0 Å². The summed E-state index contributed by atoms with van der Waals surface area (Å²) in [5.74, 6) is -1.78. The molecule has 1 atom stereocenters. The first-order chi connectivity index (χ1) is 10.6. The second kappa shape index (κ2) is 5.79. The lowest BCUT2D eigenvalue weighted by Crippen LogP contribution is -2.20. The molecule has 4 heteroatoms. The van der Waals surface area contributed by atoms with Gasteiger partial charge in [-0.1, -0.05) is 30.3 Å². The molecule has 1 saturated heterocycles. The van der Waals surface area contributed by atoms with Crippen molar-refractivity contribution in [2.24, 2.45) is 0 Å². The third-order valence-electron chi connectivity index (χ3n) is 4.34. The van der Waals surface area contributed by atoms with Gasteiger partial charge in [0.2, 0.25) is 0 Å². The van der Waals surface area contributed by atoms with Crippen LogP contribution in [0.2, 0.25) is 0 Å². The van der Waals surface area contributed by atoms with Crippen LogP contribution in [0.15, 0.2) is 42.5 Å². The number of carbonyl (C=O) groups is 1. The Kier molecular flexibility index (Phi) is 3.84. The summed E-state index contributed by atoms with van der Waals surface area (Å²) < 4.78 is 14.4. The Balaban J connectivity index is 1.86. The molecule has 2 aromatic carbocycles. The number of nitrogens with zero attached hydrogens (tertiary/aromatic N) is 1. The molecule has 0 spiro atoms. The van der Waals surface area contributed by atoms with Crippen molar-refractivity contribution in [3.63, 3.8) is 0 Å². The van der Waals surface area contributed by atoms with Gasteiger partial charge in [0.05, 0.1) is 5.56 Å². The van der Waals surface area contributed by atoms with Gasteiger partial charge in [0, 0.05) is 24.7 Å². The zero-order chi connectivity index (χ0) is 15.7. The number of benzene rings is 2. The molecule has 22 heavy (non-hydrogen) atoms. The van der Waals surface area contributed by atoms with Gasteiger partial charge in [-0.3, -0.25) is 0 Å². The molecule has 0 saturated carbocycles. The Morgan fingerprint density at radius 1 is 1.23 bits per heavy atom. The number of hydrogen-bond acceptors (Lipinski definition) is 2. The van der Waals surface area contributed by atoms with E-state index in [1.807, 2.05) is 12.1 Å². The van der Waals surface area contributed by atoms with Crippen LogP contribution in [0.4, 0.5) is 10.1 Å². The van der Waals surface area contributed by atoms with Gasteiger partial charge in [0.15, 0.2) is 0 Å². The third kappa shape index (κ3) is 2.56. The molecule has 3 nitrogen and oxygen atoms in total. The monoisotopic (exact) mass is 299 g/mol. The van der Waals surface area contributed by atoms with E-state index >= 15 is 0 Å². The third-order valence-corrected chi connectivity index (χ3v) is 4.34. The number of aryl methyl sites for hydroxylation is 1. The van der Waals surface area contributed by atoms with E-state index in [0.29, 0.717) is 12.1 Å². The Morgan fingerprint density at radius 3 is 2.73 bits per heavy atom. The number of halogens is 1. The number of para-hydroxylation sites is 1. The van der Waals surface area contributed by atoms with Crippen LogP contribution >= 0.6 is 0 Å². The van der Waals surface area contributed by atoms with E-state index < -0.39 is 11.8 Å². The van der Waals surface area contributed by atoms with Gasteiger partial charge in [0.25, 0.3) is 0 Å². The molecule has 1 unspecified atom stereocenters. The molecule has 1 heterocycles. The van der Waals surface area contributed by atoms with Gasteiger partial charge in [-0.2, -0.15) is 0 Å². The van der Waals surface area contributed by atoms with Crippen molar-refractivity contribution < 1.29 is 14.3 Å². The van der Waals surface area contributed by atoms with Crippen LogP contribution in [-0.2, 0) is 0 Å². The molecule has 0 aliphatic carbocycles. The van der Waals surface area contributed by atoms with Gasteiger partial charge in [-0.15, -0.1) is 0 Å². The van der Waals surface area contributed by atoms with E-state index in [2.05, 4.69) is 24.0 Å². The van der Waals surface area contributed by atoms with Crippen molar-refractivity contribution in [1.82, 2.24) is 0 Å². The van der Waals surface area contributed by atoms with Crippen molar-refractivity contribution >= 4 is 11.7 Å². The van der Waals surface area contributed by atoms with Crippen molar-refractivity contribution in [2.45, 2.75) is 19.3 Å². The van der Waals surface area contributed by atoms with E-state index in [1.54, 1.807) is 12.1 Å². The minimum absolute atomic E-state index is 0.0268. The molecule has 1 N–H and O–H groups in total. The minimum atomic E-state index is -1.21. The van der Waals surface area contributed by atoms with E-state index in [0.717, 1.165) is 13.0 Å². The van der Waals surface area contributed by atoms with Gasteiger partial charge in [0.1, 0.15) is 5.82 Å². The number of anilines is 1. The molecule has 3 rings (SSSR count). The van der Waals surface area contributed by atoms with Crippen molar-refractivity contribution in [3.8, 4) is 0 Å². The molecule has 1 aliphatic rings. The Morgan fingerprint density at radius 2 is 2.00 bits per heavy atom. The molecular formula is C18H18FNO2. The Hall–Kier alpha value is -2.36. The maximum absolute atomic E-state index is 14.4. The van der Waals surface area contributed by atoms with Crippen molar-refractivity contribution in [2.75, 3.05) is 18.0 Å². The zero-order valence-electron chi connectivity index (χ0n) is 12.4. The number of aromatic carboxylic acids is 1. The smallest absolute Gasteiger partial charge is 0.338 e. The standard InChI is InChI=1S/C18H18FNO2/c1-12-5-2-3-8-16(12)20-10-9-13(11-20)14-6-4-7-15(17(14)19)18(21)22/h2-8,13H,9-11H2,1H3,(H,21,22). The molecule has 0 aromatic heterocycles. The molecule has 1 aliphatic heterocycles. The predicted molar refractivity (Wildman–Crippen MR) is 84.1 cm³/mol. The van der Waals surface area contributed by atoms with E-state index in [-0.39, 0.29) is 11.5 Å². The van der Waals surface area contributed by atoms with Crippen molar-refractivity contribution in [1.29, 1.82) is 0 Å². The Bertz CT molecular complexity index is 714. The molecule has 114 valence electrons. The molecule has 0 amide bonds. The average molecular weight is 299 g/mol. The highest BCUT2D eigenvalue weighted by Gasteiger charge is 2.28. The largest absolute Gasteiger partial charge is 0.478 e. The van der Waals surface area contributed by atoms with Crippen LogP contribution in [-0.4, -0.2) is 24.2 Å². The second-order valence-electron chi connectivity index (χ2n) is 5.73. The highest BCUT2D eigenvalue weighted by atomic mass is 19.1. The molecule has 0 bridgehead atoms. The highest BCUT2D eigenvalue weighted by molar-refractivity contribution is 5.88. The van der Waals surface area contributed by atoms with E-state index in [4.69, 9.17) is 5.11 Å². The zero-order valence-corrected chi connectivity index (χ0v) is 12.4. The summed E-state index contributed by atoms with van der Waals surface area (Å²) in [5.41, 5.74) is 2.63.